The molecular weight excluding hydrogens is 257 g/mol. The lowest BCUT2D eigenvalue weighted by Crippen LogP contribution is -2.06. The van der Waals surface area contributed by atoms with E-state index in [-0.39, 0.29) is 5.56 Å². The average molecular weight is 269 g/mol. The second kappa shape index (κ2) is 4.89. The molecule has 0 amide bonds. The van der Waals surface area contributed by atoms with Gasteiger partial charge in [0.1, 0.15) is 5.82 Å². The summed E-state index contributed by atoms with van der Waals surface area (Å²) in [5.41, 5.74) is 3.26. The van der Waals surface area contributed by atoms with Crippen LogP contribution >= 0.6 is 0 Å². The van der Waals surface area contributed by atoms with E-state index in [1.165, 1.54) is 12.4 Å². The summed E-state index contributed by atoms with van der Waals surface area (Å²) >= 11 is 0. The third-order valence-corrected chi connectivity index (χ3v) is 3.47. The van der Waals surface area contributed by atoms with Crippen molar-refractivity contribution in [2.75, 3.05) is 0 Å². The average Bonchev–Trinajstić information content (AvgIpc) is 2.46. The lowest BCUT2D eigenvalue weighted by atomic mass is 9.86. The molecule has 1 aromatic heterocycles. The summed E-state index contributed by atoms with van der Waals surface area (Å²) in [5.74, 6) is -1.37. The van der Waals surface area contributed by atoms with Crippen LogP contribution in [0.4, 0.5) is 4.39 Å². The van der Waals surface area contributed by atoms with Crippen molar-refractivity contribution in [1.29, 1.82) is 0 Å². The van der Waals surface area contributed by atoms with Crippen molar-refractivity contribution in [3.63, 3.8) is 0 Å². The first-order valence-electron chi connectivity index (χ1n) is 6.33. The Labute approximate surface area is 115 Å². The highest BCUT2D eigenvalue weighted by Gasteiger charge is 2.18. The number of halogens is 1. The number of fused-ring (bicyclic) bond motifs is 1. The lowest BCUT2D eigenvalue weighted by molar-refractivity contribution is 0.0697. The molecular formula is C16H12FNO2. The Bertz CT molecular complexity index is 722. The number of aromatic nitrogens is 1. The van der Waals surface area contributed by atoms with Crippen LogP contribution in [0.3, 0.4) is 0 Å². The molecule has 2 aromatic rings. The molecule has 1 aliphatic rings. The first-order chi connectivity index (χ1) is 9.66. The second-order valence-electron chi connectivity index (χ2n) is 4.69. The highest BCUT2D eigenvalue weighted by molar-refractivity contribution is 5.91. The van der Waals surface area contributed by atoms with Crippen LogP contribution in [0.2, 0.25) is 0 Å². The zero-order chi connectivity index (χ0) is 14.1. The summed E-state index contributed by atoms with van der Waals surface area (Å²) in [6.07, 6.45) is 6.31. The van der Waals surface area contributed by atoms with Crippen molar-refractivity contribution in [2.45, 2.75) is 12.8 Å². The minimum absolute atomic E-state index is 0.214. The topological polar surface area (TPSA) is 50.2 Å². The van der Waals surface area contributed by atoms with Gasteiger partial charge in [-0.15, -0.1) is 0 Å². The summed E-state index contributed by atoms with van der Waals surface area (Å²) in [5, 5.41) is 9.09. The van der Waals surface area contributed by atoms with Gasteiger partial charge in [0.05, 0.1) is 11.8 Å². The molecule has 3 nitrogen and oxygen atoms in total. The second-order valence-corrected chi connectivity index (χ2v) is 4.69. The zero-order valence-corrected chi connectivity index (χ0v) is 10.6. The molecule has 0 radical (unpaired) electrons. The number of hydrogen-bond donors (Lipinski definition) is 1. The van der Waals surface area contributed by atoms with Crippen LogP contribution < -0.4 is 0 Å². The third-order valence-electron chi connectivity index (χ3n) is 3.47. The highest BCUT2D eigenvalue weighted by Crippen LogP contribution is 2.33. The fourth-order valence-corrected chi connectivity index (χ4v) is 2.51. The van der Waals surface area contributed by atoms with E-state index >= 15 is 0 Å². The third kappa shape index (κ3) is 2.09. The number of aromatic carboxylic acids is 1. The molecule has 0 fully saturated rings. The Morgan fingerprint density at radius 2 is 2.10 bits per heavy atom. The first-order valence-corrected chi connectivity index (χ1v) is 6.33. The van der Waals surface area contributed by atoms with Crippen molar-refractivity contribution in [3.05, 3.63) is 70.8 Å². The fraction of sp³-hybridized carbons (Fsp3) is 0.125. The van der Waals surface area contributed by atoms with Crippen molar-refractivity contribution in [3.8, 4) is 0 Å². The van der Waals surface area contributed by atoms with Gasteiger partial charge in [-0.2, -0.15) is 0 Å². The Kier molecular flexibility index (Phi) is 3.06. The maximum absolute atomic E-state index is 13.9. The fourth-order valence-electron chi connectivity index (χ4n) is 2.51. The summed E-state index contributed by atoms with van der Waals surface area (Å²) in [6, 6.07) is 6.63. The van der Waals surface area contributed by atoms with Gasteiger partial charge in [0.25, 0.3) is 0 Å². The molecule has 0 atom stereocenters. The number of carboxylic acids is 1. The number of aryl methyl sites for hydroxylation is 1. The summed E-state index contributed by atoms with van der Waals surface area (Å²) in [6.45, 7) is 0. The van der Waals surface area contributed by atoms with E-state index in [0.717, 1.165) is 29.5 Å². The Morgan fingerprint density at radius 3 is 2.85 bits per heavy atom. The van der Waals surface area contributed by atoms with Crippen molar-refractivity contribution >= 4 is 11.5 Å². The molecule has 0 aliphatic heterocycles. The molecule has 1 aliphatic carbocycles. The van der Waals surface area contributed by atoms with Gasteiger partial charge in [0.15, 0.2) is 0 Å². The SMILES string of the molecule is O=C(O)c1ccc2c(c1)C(c1ccncc1F)=CCC2. The van der Waals surface area contributed by atoms with Gasteiger partial charge in [-0.25, -0.2) is 9.18 Å². The summed E-state index contributed by atoms with van der Waals surface area (Å²) < 4.78 is 13.9. The molecule has 1 heterocycles. The van der Waals surface area contributed by atoms with Crippen molar-refractivity contribution in [2.24, 2.45) is 0 Å². The molecule has 0 saturated heterocycles. The number of benzene rings is 1. The minimum Gasteiger partial charge on any atom is -0.478 e. The number of allylic oxidation sites excluding steroid dienone is 1. The predicted molar refractivity (Wildman–Crippen MR) is 73.0 cm³/mol. The number of carboxylic acid groups (broad SMARTS) is 1. The smallest absolute Gasteiger partial charge is 0.335 e. The van der Waals surface area contributed by atoms with E-state index in [1.54, 1.807) is 18.2 Å². The van der Waals surface area contributed by atoms with E-state index in [1.807, 2.05) is 12.1 Å². The Hall–Kier alpha value is -2.49. The number of nitrogens with zero attached hydrogens (tertiary/aromatic N) is 1. The van der Waals surface area contributed by atoms with Gasteiger partial charge in [-0.3, -0.25) is 4.98 Å². The van der Waals surface area contributed by atoms with Crippen molar-refractivity contribution < 1.29 is 14.3 Å². The van der Waals surface area contributed by atoms with E-state index < -0.39 is 11.8 Å². The monoisotopic (exact) mass is 269 g/mol. The van der Waals surface area contributed by atoms with E-state index in [4.69, 9.17) is 5.11 Å². The van der Waals surface area contributed by atoms with E-state index in [2.05, 4.69) is 4.98 Å². The number of hydrogen-bond acceptors (Lipinski definition) is 2. The van der Waals surface area contributed by atoms with Crippen LogP contribution in [0, 0.1) is 5.82 Å². The lowest BCUT2D eigenvalue weighted by Gasteiger charge is -2.19. The molecule has 0 spiro atoms. The van der Waals surface area contributed by atoms with E-state index in [0.29, 0.717) is 5.56 Å². The largest absolute Gasteiger partial charge is 0.478 e. The maximum atomic E-state index is 13.9. The van der Waals surface area contributed by atoms with Crippen LogP contribution in [0.1, 0.15) is 33.5 Å². The Morgan fingerprint density at radius 1 is 1.25 bits per heavy atom. The van der Waals surface area contributed by atoms with Gasteiger partial charge >= 0.3 is 5.97 Å². The number of pyridine rings is 1. The van der Waals surface area contributed by atoms with Gasteiger partial charge in [0, 0.05) is 11.8 Å². The van der Waals surface area contributed by atoms with Gasteiger partial charge in [0.2, 0.25) is 0 Å². The molecule has 3 rings (SSSR count). The summed E-state index contributed by atoms with van der Waals surface area (Å²) in [4.78, 5) is 14.8. The quantitative estimate of drug-likeness (QED) is 0.910. The standard InChI is InChI=1S/C16H12FNO2/c17-15-9-18-7-6-13(15)12-3-1-2-10-4-5-11(16(19)20)8-14(10)12/h3-9H,1-2H2,(H,19,20). The molecule has 1 aromatic carbocycles. The molecule has 0 bridgehead atoms. The number of carbonyl (C=O) groups is 1. The normalized spacial score (nSPS) is 13.6. The van der Waals surface area contributed by atoms with Gasteiger partial charge in [-0.1, -0.05) is 12.1 Å². The molecule has 20 heavy (non-hydrogen) atoms. The summed E-state index contributed by atoms with van der Waals surface area (Å²) in [7, 11) is 0. The van der Waals surface area contributed by atoms with Gasteiger partial charge in [-0.05, 0) is 47.7 Å². The Balaban J connectivity index is 2.17. The van der Waals surface area contributed by atoms with Crippen LogP contribution in [-0.4, -0.2) is 16.1 Å². The van der Waals surface area contributed by atoms with Crippen LogP contribution in [0.15, 0.2) is 42.7 Å². The van der Waals surface area contributed by atoms with Crippen LogP contribution in [0.25, 0.3) is 5.57 Å². The zero-order valence-electron chi connectivity index (χ0n) is 10.6. The molecule has 100 valence electrons. The highest BCUT2D eigenvalue weighted by atomic mass is 19.1. The molecule has 1 N–H and O–H groups in total. The predicted octanol–water partition coefficient (Wildman–Crippen LogP) is 3.30. The van der Waals surface area contributed by atoms with Crippen LogP contribution in [0.5, 0.6) is 0 Å². The maximum Gasteiger partial charge on any atom is 0.335 e. The molecule has 4 heteroatoms. The molecule has 0 unspecified atom stereocenters. The van der Waals surface area contributed by atoms with Crippen LogP contribution in [-0.2, 0) is 6.42 Å². The van der Waals surface area contributed by atoms with Crippen molar-refractivity contribution in [1.82, 2.24) is 4.98 Å². The number of rotatable bonds is 2. The van der Waals surface area contributed by atoms with Gasteiger partial charge < -0.3 is 5.11 Å². The van der Waals surface area contributed by atoms with E-state index in [9.17, 15) is 9.18 Å². The minimum atomic E-state index is -0.979. The first kappa shape index (κ1) is 12.5. The molecule has 0 saturated carbocycles.